The molecule has 0 aliphatic carbocycles. The Hall–Kier alpha value is -1.49. The summed E-state index contributed by atoms with van der Waals surface area (Å²) in [6.45, 7) is 1.90. The molecule has 1 N–H and O–H groups in total. The van der Waals surface area contributed by atoms with Crippen LogP contribution in [0.2, 0.25) is 0 Å². The third kappa shape index (κ3) is 3.26. The Morgan fingerprint density at radius 3 is 2.39 bits per heavy atom. The van der Waals surface area contributed by atoms with Gasteiger partial charge in [0.15, 0.2) is 0 Å². The number of hydrogen-bond acceptors (Lipinski definition) is 3. The zero-order chi connectivity index (χ0) is 13.7. The summed E-state index contributed by atoms with van der Waals surface area (Å²) in [5.41, 5.74) is 1.44. The topological polar surface area (TPSA) is 55.8 Å². The second-order valence-electron chi connectivity index (χ2n) is 3.55. The number of halogens is 1. The van der Waals surface area contributed by atoms with Crippen LogP contribution in [-0.4, -0.2) is 25.3 Å². The number of allylic oxidation sites excluding steroid dienone is 1. The fraction of sp³-hybridized carbons (Fsp3) is 0.308. The van der Waals surface area contributed by atoms with Crippen molar-refractivity contribution in [2.45, 2.75) is 13.3 Å². The van der Waals surface area contributed by atoms with Crippen LogP contribution in [0.4, 0.5) is 0 Å². The minimum absolute atomic E-state index is 0.587. The maximum absolute atomic E-state index is 10.8. The normalized spacial score (nSPS) is 11.2. The van der Waals surface area contributed by atoms with Gasteiger partial charge >= 0.3 is 5.97 Å². The molecule has 0 heterocycles. The van der Waals surface area contributed by atoms with Crippen molar-refractivity contribution in [2.75, 3.05) is 14.2 Å². The van der Waals surface area contributed by atoms with Gasteiger partial charge in [-0.25, -0.2) is 4.79 Å². The van der Waals surface area contributed by atoms with Crippen LogP contribution in [0.25, 0.3) is 5.57 Å². The highest BCUT2D eigenvalue weighted by Gasteiger charge is 2.13. The second-order valence-corrected chi connectivity index (χ2v) is 4.40. The van der Waals surface area contributed by atoms with Crippen LogP contribution in [-0.2, 0) is 4.79 Å². The molecule has 0 radical (unpaired) electrons. The molecule has 0 aliphatic heterocycles. The molecule has 0 fully saturated rings. The van der Waals surface area contributed by atoms with E-state index < -0.39 is 5.97 Å². The van der Waals surface area contributed by atoms with Crippen molar-refractivity contribution in [3.8, 4) is 11.5 Å². The third-order valence-electron chi connectivity index (χ3n) is 2.50. The summed E-state index contributed by atoms with van der Waals surface area (Å²) in [4.78, 5) is 10.8. The number of carbonyl (C=O) groups is 1. The Bertz CT molecular complexity index is 480. The Kier molecular flexibility index (Phi) is 5.22. The Labute approximate surface area is 114 Å². The van der Waals surface area contributed by atoms with Crippen molar-refractivity contribution >= 4 is 27.5 Å². The predicted molar refractivity (Wildman–Crippen MR) is 73.1 cm³/mol. The van der Waals surface area contributed by atoms with Crippen LogP contribution in [0.1, 0.15) is 18.9 Å². The number of carboxylic acids is 1. The van der Waals surface area contributed by atoms with Crippen molar-refractivity contribution in [1.82, 2.24) is 0 Å². The molecule has 0 atom stereocenters. The monoisotopic (exact) mass is 314 g/mol. The molecule has 0 bridgehead atoms. The molecule has 5 heteroatoms. The van der Waals surface area contributed by atoms with Crippen LogP contribution in [0.15, 0.2) is 22.7 Å². The standard InChI is InChI=1S/C13H15BrO4/c1-4-8(5-13(15)16)9-6-10(14)12(18-3)7-11(9)17-2/h5-7H,4H2,1-3H3,(H,15,16)/b8-5+. The Morgan fingerprint density at radius 1 is 1.33 bits per heavy atom. The molecular weight excluding hydrogens is 300 g/mol. The SMILES string of the molecule is CC/C(=C\C(=O)O)c1cc(Br)c(OC)cc1OC. The first-order valence-electron chi connectivity index (χ1n) is 5.38. The average molecular weight is 315 g/mol. The molecule has 0 amide bonds. The lowest BCUT2D eigenvalue weighted by molar-refractivity contribution is -0.131. The smallest absolute Gasteiger partial charge is 0.328 e. The minimum Gasteiger partial charge on any atom is -0.496 e. The number of ether oxygens (including phenoxy) is 2. The van der Waals surface area contributed by atoms with E-state index in [0.717, 1.165) is 10.0 Å². The molecule has 0 saturated heterocycles. The van der Waals surface area contributed by atoms with Gasteiger partial charge in [0.2, 0.25) is 0 Å². The van der Waals surface area contributed by atoms with Gasteiger partial charge in [-0.15, -0.1) is 0 Å². The zero-order valence-corrected chi connectivity index (χ0v) is 12.1. The zero-order valence-electron chi connectivity index (χ0n) is 10.5. The number of carboxylic acid groups (broad SMARTS) is 1. The van der Waals surface area contributed by atoms with Crippen LogP contribution >= 0.6 is 15.9 Å². The number of benzene rings is 1. The van der Waals surface area contributed by atoms with E-state index >= 15 is 0 Å². The van der Waals surface area contributed by atoms with Gasteiger partial charge in [0.05, 0.1) is 18.7 Å². The first kappa shape index (κ1) is 14.6. The number of aliphatic carboxylic acids is 1. The van der Waals surface area contributed by atoms with Crippen molar-refractivity contribution < 1.29 is 19.4 Å². The summed E-state index contributed by atoms with van der Waals surface area (Å²) in [5.74, 6) is 0.256. The van der Waals surface area contributed by atoms with Gasteiger partial charge < -0.3 is 14.6 Å². The molecule has 1 aromatic carbocycles. The molecule has 0 spiro atoms. The van der Waals surface area contributed by atoms with Gasteiger partial charge in [0.25, 0.3) is 0 Å². The highest BCUT2D eigenvalue weighted by molar-refractivity contribution is 9.10. The largest absolute Gasteiger partial charge is 0.496 e. The molecule has 18 heavy (non-hydrogen) atoms. The predicted octanol–water partition coefficient (Wildman–Crippen LogP) is 3.34. The summed E-state index contributed by atoms with van der Waals surface area (Å²) in [6, 6.07) is 3.53. The average Bonchev–Trinajstić information content (AvgIpc) is 2.35. The Balaban J connectivity index is 3.38. The lowest BCUT2D eigenvalue weighted by Crippen LogP contribution is -1.97. The van der Waals surface area contributed by atoms with E-state index in [4.69, 9.17) is 14.6 Å². The van der Waals surface area contributed by atoms with Crippen LogP contribution in [0.3, 0.4) is 0 Å². The highest BCUT2D eigenvalue weighted by atomic mass is 79.9. The lowest BCUT2D eigenvalue weighted by atomic mass is 10.0. The second kappa shape index (κ2) is 6.44. The molecule has 98 valence electrons. The first-order valence-corrected chi connectivity index (χ1v) is 6.18. The van der Waals surface area contributed by atoms with Crippen LogP contribution < -0.4 is 9.47 Å². The number of hydrogen-bond donors (Lipinski definition) is 1. The van der Waals surface area contributed by atoms with Gasteiger partial charge in [-0.1, -0.05) is 6.92 Å². The lowest BCUT2D eigenvalue weighted by Gasteiger charge is -2.13. The van der Waals surface area contributed by atoms with Crippen molar-refractivity contribution in [1.29, 1.82) is 0 Å². The molecule has 4 nitrogen and oxygen atoms in total. The quantitative estimate of drug-likeness (QED) is 0.847. The van der Waals surface area contributed by atoms with E-state index in [1.54, 1.807) is 26.4 Å². The van der Waals surface area contributed by atoms with E-state index in [1.807, 2.05) is 6.92 Å². The van der Waals surface area contributed by atoms with E-state index in [-0.39, 0.29) is 0 Å². The summed E-state index contributed by atoms with van der Waals surface area (Å²) < 4.78 is 11.2. The minimum atomic E-state index is -0.971. The van der Waals surface area contributed by atoms with Gasteiger partial charge in [-0.2, -0.15) is 0 Å². The molecular formula is C13H15BrO4. The van der Waals surface area contributed by atoms with Crippen molar-refractivity contribution in [2.24, 2.45) is 0 Å². The van der Waals surface area contributed by atoms with Crippen molar-refractivity contribution in [3.63, 3.8) is 0 Å². The van der Waals surface area contributed by atoms with Crippen molar-refractivity contribution in [3.05, 3.63) is 28.2 Å². The van der Waals surface area contributed by atoms with Crippen LogP contribution in [0.5, 0.6) is 11.5 Å². The summed E-state index contributed by atoms with van der Waals surface area (Å²) >= 11 is 3.38. The highest BCUT2D eigenvalue weighted by Crippen LogP contribution is 2.37. The molecule has 0 aliphatic rings. The molecule has 1 aromatic rings. The van der Waals surface area contributed by atoms with E-state index in [2.05, 4.69) is 15.9 Å². The van der Waals surface area contributed by atoms with E-state index in [9.17, 15) is 4.79 Å². The Morgan fingerprint density at radius 2 is 1.94 bits per heavy atom. The fourth-order valence-electron chi connectivity index (χ4n) is 1.63. The molecule has 0 saturated carbocycles. The summed E-state index contributed by atoms with van der Waals surface area (Å²) in [5, 5.41) is 8.86. The van der Waals surface area contributed by atoms with Gasteiger partial charge in [0.1, 0.15) is 11.5 Å². The first-order chi connectivity index (χ1) is 8.53. The fourth-order valence-corrected chi connectivity index (χ4v) is 2.14. The third-order valence-corrected chi connectivity index (χ3v) is 3.12. The van der Waals surface area contributed by atoms with E-state index in [0.29, 0.717) is 23.5 Å². The molecule has 0 unspecified atom stereocenters. The summed E-state index contributed by atoms with van der Waals surface area (Å²) in [7, 11) is 3.10. The van der Waals surface area contributed by atoms with Gasteiger partial charge in [0, 0.05) is 17.7 Å². The number of methoxy groups -OCH3 is 2. The van der Waals surface area contributed by atoms with Gasteiger partial charge in [-0.05, 0) is 34.0 Å². The maximum atomic E-state index is 10.8. The van der Waals surface area contributed by atoms with Crippen LogP contribution in [0, 0.1) is 0 Å². The molecule has 0 aromatic heterocycles. The summed E-state index contributed by atoms with van der Waals surface area (Å²) in [6.07, 6.45) is 1.79. The van der Waals surface area contributed by atoms with Gasteiger partial charge in [-0.3, -0.25) is 0 Å². The number of rotatable bonds is 5. The van der Waals surface area contributed by atoms with E-state index in [1.165, 1.54) is 6.08 Å². The molecule has 1 rings (SSSR count). The maximum Gasteiger partial charge on any atom is 0.328 e.